The molecule has 1 amide bonds. The van der Waals surface area contributed by atoms with Crippen molar-refractivity contribution >= 4 is 45.7 Å². The van der Waals surface area contributed by atoms with E-state index in [1.54, 1.807) is 0 Å². The number of benzene rings is 1. The minimum atomic E-state index is -0.0511. The van der Waals surface area contributed by atoms with Crippen molar-refractivity contribution in [3.63, 3.8) is 0 Å². The summed E-state index contributed by atoms with van der Waals surface area (Å²) in [7, 11) is 0. The van der Waals surface area contributed by atoms with Gasteiger partial charge in [0.1, 0.15) is 0 Å². The number of thiazole rings is 1. The van der Waals surface area contributed by atoms with Crippen molar-refractivity contribution in [3.8, 4) is 0 Å². The molecule has 6 heteroatoms. The van der Waals surface area contributed by atoms with Crippen molar-refractivity contribution in [2.75, 3.05) is 11.1 Å². The Labute approximate surface area is 138 Å². The molecule has 0 aliphatic rings. The quantitative estimate of drug-likeness (QED) is 0.811. The maximum absolute atomic E-state index is 11.9. The molecule has 21 heavy (non-hydrogen) atoms. The maximum Gasteiger partial charge on any atom is 0.236 e. The first kappa shape index (κ1) is 16.3. The maximum atomic E-state index is 11.9. The van der Waals surface area contributed by atoms with E-state index in [9.17, 15) is 4.79 Å². The second-order valence-electron chi connectivity index (χ2n) is 5.58. The van der Waals surface area contributed by atoms with Gasteiger partial charge in [-0.2, -0.15) is 0 Å². The van der Waals surface area contributed by atoms with Crippen LogP contribution in [0.3, 0.4) is 0 Å². The summed E-state index contributed by atoms with van der Waals surface area (Å²) >= 11 is 8.76. The number of carbonyl (C=O) groups excluding carboxylic acids is 1. The summed E-state index contributed by atoms with van der Waals surface area (Å²) < 4.78 is 0. The molecule has 0 bridgehead atoms. The molecule has 0 saturated carbocycles. The third-order valence-electron chi connectivity index (χ3n) is 2.70. The lowest BCUT2D eigenvalue weighted by molar-refractivity contribution is -0.113. The highest BCUT2D eigenvalue weighted by atomic mass is 35.5. The number of nitrogens with one attached hydrogen (secondary N) is 1. The Morgan fingerprint density at radius 1 is 1.33 bits per heavy atom. The van der Waals surface area contributed by atoms with Crippen LogP contribution in [0.15, 0.2) is 34.5 Å². The molecular formula is C15H17ClN2OS2. The van der Waals surface area contributed by atoms with Gasteiger partial charge < -0.3 is 5.32 Å². The summed E-state index contributed by atoms with van der Waals surface area (Å²) in [6, 6.07) is 7.44. The summed E-state index contributed by atoms with van der Waals surface area (Å²) in [6.07, 6.45) is 0. The third-order valence-corrected chi connectivity index (χ3v) is 4.72. The summed E-state index contributed by atoms with van der Waals surface area (Å²) in [6.45, 7) is 6.30. The molecule has 0 aliphatic carbocycles. The highest BCUT2D eigenvalue weighted by Crippen LogP contribution is 2.26. The summed E-state index contributed by atoms with van der Waals surface area (Å²) in [4.78, 5) is 17.4. The first-order valence-corrected chi connectivity index (χ1v) is 8.73. The highest BCUT2D eigenvalue weighted by molar-refractivity contribution is 8.00. The van der Waals surface area contributed by atoms with Gasteiger partial charge in [0.15, 0.2) is 5.13 Å². The molecule has 1 aromatic heterocycles. The first-order chi connectivity index (χ1) is 9.84. The monoisotopic (exact) mass is 340 g/mol. The molecule has 0 spiro atoms. The van der Waals surface area contributed by atoms with Gasteiger partial charge in [0.25, 0.3) is 0 Å². The van der Waals surface area contributed by atoms with Gasteiger partial charge in [0, 0.05) is 20.7 Å². The predicted molar refractivity (Wildman–Crippen MR) is 91.6 cm³/mol. The van der Waals surface area contributed by atoms with Gasteiger partial charge in [0.2, 0.25) is 5.91 Å². The molecule has 0 fully saturated rings. The van der Waals surface area contributed by atoms with Gasteiger partial charge in [-0.3, -0.25) is 4.79 Å². The van der Waals surface area contributed by atoms with Gasteiger partial charge in [0.05, 0.1) is 11.4 Å². The molecule has 0 unspecified atom stereocenters. The first-order valence-electron chi connectivity index (χ1n) is 6.49. The average Bonchev–Trinajstić information content (AvgIpc) is 2.86. The normalized spacial score (nSPS) is 11.4. The molecule has 2 rings (SSSR count). The predicted octanol–water partition coefficient (Wildman–Crippen LogP) is 4.82. The molecule has 1 heterocycles. The van der Waals surface area contributed by atoms with Crippen LogP contribution < -0.4 is 5.32 Å². The number of hydrogen-bond donors (Lipinski definition) is 1. The van der Waals surface area contributed by atoms with E-state index < -0.39 is 0 Å². The lowest BCUT2D eigenvalue weighted by atomic mass is 9.93. The summed E-state index contributed by atoms with van der Waals surface area (Å²) in [5.41, 5.74) is 0.991. The number of rotatable bonds is 4. The zero-order chi connectivity index (χ0) is 15.5. The molecule has 0 saturated heterocycles. The lowest BCUT2D eigenvalue weighted by Crippen LogP contribution is -2.15. The van der Waals surface area contributed by atoms with Crippen LogP contribution in [0.4, 0.5) is 5.13 Å². The molecular weight excluding hydrogens is 324 g/mol. The number of thioether (sulfide) groups is 1. The van der Waals surface area contributed by atoms with E-state index in [2.05, 4.69) is 31.1 Å². The Kier molecular flexibility index (Phi) is 5.30. The van der Waals surface area contributed by atoms with E-state index in [0.29, 0.717) is 15.9 Å². The minimum Gasteiger partial charge on any atom is -0.301 e. The second-order valence-corrected chi connectivity index (χ2v) is 7.92. The Morgan fingerprint density at radius 2 is 2.00 bits per heavy atom. The molecule has 1 N–H and O–H groups in total. The van der Waals surface area contributed by atoms with Crippen LogP contribution >= 0.6 is 34.7 Å². The van der Waals surface area contributed by atoms with Gasteiger partial charge in [-0.15, -0.1) is 23.1 Å². The fourth-order valence-corrected chi connectivity index (χ4v) is 3.29. The van der Waals surface area contributed by atoms with E-state index in [4.69, 9.17) is 11.6 Å². The van der Waals surface area contributed by atoms with Gasteiger partial charge in [-0.05, 0) is 24.3 Å². The largest absolute Gasteiger partial charge is 0.301 e. The fourth-order valence-electron chi connectivity index (χ4n) is 1.51. The van der Waals surface area contributed by atoms with Crippen LogP contribution in [-0.4, -0.2) is 16.6 Å². The third kappa shape index (κ3) is 5.02. The van der Waals surface area contributed by atoms with Gasteiger partial charge in [-0.25, -0.2) is 4.98 Å². The number of hydrogen-bond acceptors (Lipinski definition) is 4. The van der Waals surface area contributed by atoms with Crippen LogP contribution in [0.5, 0.6) is 0 Å². The van der Waals surface area contributed by atoms with E-state index >= 15 is 0 Å². The molecule has 0 atom stereocenters. The molecule has 3 nitrogen and oxygen atoms in total. The van der Waals surface area contributed by atoms with Crippen LogP contribution in [0.2, 0.25) is 5.02 Å². The summed E-state index contributed by atoms with van der Waals surface area (Å²) in [5.74, 6) is 0.302. The Balaban J connectivity index is 1.87. The van der Waals surface area contributed by atoms with Gasteiger partial charge in [-0.1, -0.05) is 32.4 Å². The Hall–Kier alpha value is -1.04. The molecule has 0 aliphatic heterocycles. The van der Waals surface area contributed by atoms with Crippen LogP contribution in [-0.2, 0) is 10.2 Å². The number of nitrogens with zero attached hydrogens (tertiary/aromatic N) is 1. The van der Waals surface area contributed by atoms with Crippen LogP contribution in [0, 0.1) is 0 Å². The number of anilines is 1. The number of amides is 1. The van der Waals surface area contributed by atoms with Crippen molar-refractivity contribution in [2.24, 2.45) is 0 Å². The fraction of sp³-hybridized carbons (Fsp3) is 0.333. The smallest absolute Gasteiger partial charge is 0.236 e. The van der Waals surface area contributed by atoms with Crippen molar-refractivity contribution in [1.82, 2.24) is 4.98 Å². The number of carbonyl (C=O) groups is 1. The van der Waals surface area contributed by atoms with Crippen LogP contribution in [0.1, 0.15) is 26.5 Å². The highest BCUT2D eigenvalue weighted by Gasteiger charge is 2.18. The average molecular weight is 341 g/mol. The summed E-state index contributed by atoms with van der Waals surface area (Å²) in [5, 5.41) is 6.18. The Morgan fingerprint density at radius 3 is 2.57 bits per heavy atom. The van der Waals surface area contributed by atoms with E-state index in [0.717, 1.165) is 10.6 Å². The standard InChI is InChI=1S/C15H17ClN2OS2/c1-15(2,3)12-8-21-14(17-12)18-13(19)9-20-11-6-4-10(16)5-7-11/h4-8H,9H2,1-3H3,(H,17,18,19). The van der Waals surface area contributed by atoms with Crippen molar-refractivity contribution < 1.29 is 4.79 Å². The molecule has 112 valence electrons. The van der Waals surface area contributed by atoms with Crippen molar-refractivity contribution in [2.45, 2.75) is 31.1 Å². The van der Waals surface area contributed by atoms with E-state index in [1.165, 1.54) is 23.1 Å². The number of halogens is 1. The van der Waals surface area contributed by atoms with Gasteiger partial charge >= 0.3 is 0 Å². The lowest BCUT2D eigenvalue weighted by Gasteiger charge is -2.14. The SMILES string of the molecule is CC(C)(C)c1csc(NC(=O)CSc2ccc(Cl)cc2)n1. The van der Waals surface area contributed by atoms with E-state index in [1.807, 2.05) is 29.6 Å². The van der Waals surface area contributed by atoms with Crippen LogP contribution in [0.25, 0.3) is 0 Å². The number of aromatic nitrogens is 1. The minimum absolute atomic E-state index is 0.00245. The van der Waals surface area contributed by atoms with Crippen molar-refractivity contribution in [3.05, 3.63) is 40.4 Å². The Bertz CT molecular complexity index is 617. The second kappa shape index (κ2) is 6.81. The van der Waals surface area contributed by atoms with E-state index in [-0.39, 0.29) is 11.3 Å². The van der Waals surface area contributed by atoms with Crippen molar-refractivity contribution in [1.29, 1.82) is 0 Å². The topological polar surface area (TPSA) is 42.0 Å². The molecule has 1 aromatic carbocycles. The molecule has 0 radical (unpaired) electrons. The zero-order valence-corrected chi connectivity index (χ0v) is 14.5. The molecule has 2 aromatic rings. The zero-order valence-electron chi connectivity index (χ0n) is 12.1.